The Kier molecular flexibility index (Phi) is 3.35. The number of hydrogen-bond donors (Lipinski definition) is 0. The number of terminal acetylenes is 2. The minimum Gasteiger partial charge on any atom is -0.276 e. The standard InChI is InChI=1S/C9H13N2OPS/c1-6-8-9(7-2)14-13(12,10(3)4)11(8)5/h1-2,8-9H,3-5H3. The van der Waals surface area contributed by atoms with Crippen LogP contribution in [0.1, 0.15) is 0 Å². The van der Waals surface area contributed by atoms with Crippen molar-refractivity contribution >= 4 is 18.0 Å². The van der Waals surface area contributed by atoms with E-state index in [9.17, 15) is 4.57 Å². The zero-order chi connectivity index (χ0) is 10.9. The summed E-state index contributed by atoms with van der Waals surface area (Å²) in [6, 6.07) is -0.238. The zero-order valence-corrected chi connectivity index (χ0v) is 10.2. The Bertz CT molecular complexity index is 355. The highest BCUT2D eigenvalue weighted by Crippen LogP contribution is 2.69. The van der Waals surface area contributed by atoms with E-state index in [1.165, 1.54) is 11.4 Å². The van der Waals surface area contributed by atoms with Gasteiger partial charge in [0.15, 0.2) is 0 Å². The molecule has 1 rings (SSSR count). The van der Waals surface area contributed by atoms with Crippen molar-refractivity contribution in [2.24, 2.45) is 0 Å². The van der Waals surface area contributed by atoms with Crippen LogP contribution in [0.5, 0.6) is 0 Å². The largest absolute Gasteiger partial charge is 0.276 e. The summed E-state index contributed by atoms with van der Waals surface area (Å²) < 4.78 is 15.8. The SMILES string of the molecule is C#CC1SP(=O)(N(C)C)N(C)C1C#C. The molecule has 0 saturated carbocycles. The molecule has 0 aliphatic carbocycles. The summed E-state index contributed by atoms with van der Waals surface area (Å²) in [6.07, 6.45) is 10.7. The molecule has 14 heavy (non-hydrogen) atoms. The van der Waals surface area contributed by atoms with Crippen molar-refractivity contribution in [2.45, 2.75) is 11.3 Å². The van der Waals surface area contributed by atoms with Gasteiger partial charge in [-0.1, -0.05) is 11.8 Å². The van der Waals surface area contributed by atoms with E-state index in [2.05, 4.69) is 11.8 Å². The van der Waals surface area contributed by atoms with Crippen LogP contribution in [0.4, 0.5) is 0 Å². The molecular weight excluding hydrogens is 215 g/mol. The van der Waals surface area contributed by atoms with Gasteiger partial charge in [0.25, 0.3) is 6.65 Å². The third-order valence-corrected chi connectivity index (χ3v) is 8.39. The Balaban J connectivity index is 3.06. The lowest BCUT2D eigenvalue weighted by Crippen LogP contribution is -2.30. The molecule has 3 atom stereocenters. The summed E-state index contributed by atoms with van der Waals surface area (Å²) in [4.78, 5) is 0. The Hall–Kier alpha value is -0.380. The van der Waals surface area contributed by atoms with Crippen molar-refractivity contribution < 1.29 is 4.57 Å². The molecule has 0 spiro atoms. The first kappa shape index (κ1) is 11.7. The van der Waals surface area contributed by atoms with Crippen LogP contribution in [0.2, 0.25) is 0 Å². The van der Waals surface area contributed by atoms with Gasteiger partial charge >= 0.3 is 0 Å². The lowest BCUT2D eigenvalue weighted by atomic mass is 10.2. The average Bonchev–Trinajstić information content (AvgIpc) is 2.40. The summed E-state index contributed by atoms with van der Waals surface area (Å²) in [5.74, 6) is 5.17. The van der Waals surface area contributed by atoms with Crippen LogP contribution in [0.25, 0.3) is 0 Å². The second kappa shape index (κ2) is 4.01. The van der Waals surface area contributed by atoms with E-state index in [0.29, 0.717) is 0 Å². The third-order valence-electron chi connectivity index (χ3n) is 2.18. The molecule has 5 heteroatoms. The third kappa shape index (κ3) is 1.60. The van der Waals surface area contributed by atoms with Crippen molar-refractivity contribution in [3.63, 3.8) is 0 Å². The molecule has 0 aromatic rings. The molecule has 1 aliphatic rings. The Morgan fingerprint density at radius 3 is 2.29 bits per heavy atom. The minimum absolute atomic E-state index is 0.182. The van der Waals surface area contributed by atoms with Crippen molar-refractivity contribution in [1.29, 1.82) is 0 Å². The van der Waals surface area contributed by atoms with E-state index in [0.717, 1.165) is 0 Å². The van der Waals surface area contributed by atoms with E-state index in [1.54, 1.807) is 30.5 Å². The zero-order valence-electron chi connectivity index (χ0n) is 8.47. The summed E-state index contributed by atoms with van der Waals surface area (Å²) in [7, 11) is 5.31. The lowest BCUT2D eigenvalue weighted by molar-refractivity contribution is 0.415. The smallest absolute Gasteiger partial charge is 0.273 e. The van der Waals surface area contributed by atoms with Crippen LogP contribution in [0, 0.1) is 24.7 Å². The van der Waals surface area contributed by atoms with E-state index >= 15 is 0 Å². The fourth-order valence-electron chi connectivity index (χ4n) is 1.33. The monoisotopic (exact) mass is 228 g/mol. The van der Waals surface area contributed by atoms with Gasteiger partial charge in [0.1, 0.15) is 11.3 Å². The van der Waals surface area contributed by atoms with Crippen molar-refractivity contribution in [3.8, 4) is 24.7 Å². The molecule has 1 aliphatic heterocycles. The Morgan fingerprint density at radius 2 is 2.00 bits per heavy atom. The minimum atomic E-state index is -2.58. The summed E-state index contributed by atoms with van der Waals surface area (Å²) >= 11 is 1.29. The van der Waals surface area contributed by atoms with E-state index < -0.39 is 6.65 Å². The van der Waals surface area contributed by atoms with Crippen LogP contribution in [-0.4, -0.2) is 41.8 Å². The van der Waals surface area contributed by atoms with Crippen molar-refractivity contribution in [3.05, 3.63) is 0 Å². The summed E-state index contributed by atoms with van der Waals surface area (Å²) in [5, 5.41) is -0.182. The second-order valence-electron chi connectivity index (χ2n) is 3.22. The van der Waals surface area contributed by atoms with Crippen molar-refractivity contribution in [2.75, 3.05) is 21.1 Å². The fourth-order valence-corrected chi connectivity index (χ4v) is 6.30. The summed E-state index contributed by atoms with van der Waals surface area (Å²) in [6.45, 7) is -2.58. The molecule has 0 N–H and O–H groups in total. The molecule has 0 amide bonds. The van der Waals surface area contributed by atoms with Gasteiger partial charge < -0.3 is 0 Å². The maximum Gasteiger partial charge on any atom is 0.273 e. The maximum absolute atomic E-state index is 12.4. The quantitative estimate of drug-likeness (QED) is 0.499. The van der Waals surface area contributed by atoms with Gasteiger partial charge in [-0.05, 0) is 32.5 Å². The molecular formula is C9H13N2OPS. The molecule has 76 valence electrons. The first-order chi connectivity index (χ1) is 6.47. The molecule has 1 heterocycles. The summed E-state index contributed by atoms with van der Waals surface area (Å²) in [5.41, 5.74) is 0. The Labute approximate surface area is 89.4 Å². The lowest BCUT2D eigenvalue weighted by Gasteiger charge is -2.26. The van der Waals surface area contributed by atoms with Crippen LogP contribution >= 0.6 is 18.0 Å². The van der Waals surface area contributed by atoms with Gasteiger partial charge in [0.05, 0.1) is 0 Å². The van der Waals surface area contributed by atoms with E-state index in [1.807, 2.05) is 0 Å². The number of nitrogens with zero attached hydrogens (tertiary/aromatic N) is 2. The fraction of sp³-hybridized carbons (Fsp3) is 0.556. The highest BCUT2D eigenvalue weighted by molar-refractivity contribution is 8.57. The predicted octanol–water partition coefficient (Wildman–Crippen LogP) is 1.34. The van der Waals surface area contributed by atoms with Gasteiger partial charge in [0, 0.05) is 0 Å². The van der Waals surface area contributed by atoms with Gasteiger partial charge in [-0.3, -0.25) is 4.57 Å². The normalized spacial score (nSPS) is 38.1. The van der Waals surface area contributed by atoms with Gasteiger partial charge in [0.2, 0.25) is 0 Å². The molecule has 3 nitrogen and oxygen atoms in total. The van der Waals surface area contributed by atoms with Crippen LogP contribution < -0.4 is 0 Å². The Morgan fingerprint density at radius 1 is 1.43 bits per heavy atom. The van der Waals surface area contributed by atoms with Crippen LogP contribution in [0.15, 0.2) is 0 Å². The molecule has 0 aromatic carbocycles. The van der Waals surface area contributed by atoms with Gasteiger partial charge in [-0.15, -0.1) is 12.8 Å². The number of hydrogen-bond acceptors (Lipinski definition) is 2. The molecule has 1 saturated heterocycles. The second-order valence-corrected chi connectivity index (χ2v) is 8.41. The first-order valence-electron chi connectivity index (χ1n) is 4.09. The van der Waals surface area contributed by atoms with Crippen LogP contribution in [0.3, 0.4) is 0 Å². The van der Waals surface area contributed by atoms with Gasteiger partial charge in [-0.25, -0.2) is 9.34 Å². The molecule has 0 aromatic heterocycles. The molecule has 1 fully saturated rings. The molecule has 3 unspecified atom stereocenters. The van der Waals surface area contributed by atoms with Gasteiger partial charge in [-0.2, -0.15) is 0 Å². The van der Waals surface area contributed by atoms with E-state index in [-0.39, 0.29) is 11.3 Å². The average molecular weight is 228 g/mol. The first-order valence-corrected chi connectivity index (χ1v) is 7.19. The molecule has 0 radical (unpaired) electrons. The van der Waals surface area contributed by atoms with Crippen molar-refractivity contribution in [1.82, 2.24) is 9.34 Å². The van der Waals surface area contributed by atoms with E-state index in [4.69, 9.17) is 12.8 Å². The highest BCUT2D eigenvalue weighted by atomic mass is 32.7. The number of rotatable bonds is 1. The predicted molar refractivity (Wildman–Crippen MR) is 61.9 cm³/mol. The topological polar surface area (TPSA) is 23.6 Å². The maximum atomic E-state index is 12.4. The highest BCUT2D eigenvalue weighted by Gasteiger charge is 2.47. The molecule has 0 bridgehead atoms. The van der Waals surface area contributed by atoms with Crippen LogP contribution in [-0.2, 0) is 4.57 Å².